The van der Waals surface area contributed by atoms with Gasteiger partial charge in [-0.3, -0.25) is 15.0 Å². The largest absolute Gasteiger partial charge is 0.344 e. The Hall–Kier alpha value is -3.87. The van der Waals surface area contributed by atoms with Crippen molar-refractivity contribution in [3.05, 3.63) is 90.3 Å². The molecule has 3 aromatic rings. The molecule has 152 valence electrons. The molecule has 1 fully saturated rings. The van der Waals surface area contributed by atoms with Gasteiger partial charge in [0, 0.05) is 23.6 Å². The lowest BCUT2D eigenvalue weighted by Crippen LogP contribution is -2.49. The summed E-state index contributed by atoms with van der Waals surface area (Å²) in [6.07, 6.45) is 4.79. The van der Waals surface area contributed by atoms with E-state index in [0.29, 0.717) is 18.4 Å². The number of imide groups is 1. The van der Waals surface area contributed by atoms with Crippen molar-refractivity contribution < 1.29 is 14.4 Å². The highest BCUT2D eigenvalue weighted by Gasteiger charge is 2.48. The quantitative estimate of drug-likeness (QED) is 0.622. The molecule has 7 heteroatoms. The van der Waals surface area contributed by atoms with Crippen LogP contribution < -0.4 is 10.7 Å². The molecule has 2 aromatic carbocycles. The fraction of sp³-hybridized carbons (Fsp3) is 0.174. The Morgan fingerprint density at radius 2 is 1.73 bits per heavy atom. The number of nitrogens with one attached hydrogen (secondary N) is 2. The van der Waals surface area contributed by atoms with Crippen LogP contribution in [0.25, 0.3) is 5.69 Å². The van der Waals surface area contributed by atoms with Gasteiger partial charge in [-0.05, 0) is 55.7 Å². The minimum absolute atomic E-state index is 0.347. The zero-order valence-electron chi connectivity index (χ0n) is 16.5. The number of urea groups is 1. The van der Waals surface area contributed by atoms with E-state index in [0.717, 1.165) is 16.3 Å². The van der Waals surface area contributed by atoms with Gasteiger partial charge in [0.05, 0.1) is 0 Å². The van der Waals surface area contributed by atoms with E-state index in [4.69, 9.17) is 0 Å². The summed E-state index contributed by atoms with van der Waals surface area (Å²) in [7, 11) is 0. The molecule has 30 heavy (non-hydrogen) atoms. The van der Waals surface area contributed by atoms with Crippen LogP contribution in [0.3, 0.4) is 0 Å². The Balaban J connectivity index is 1.45. The molecule has 0 aliphatic carbocycles. The molecule has 1 aliphatic rings. The standard InChI is InChI=1S/C23H22N4O3/c1-23(13-12-17-8-3-2-4-9-17)21(29)27(22(30)24-23)25-20(28)18-10-7-11-19(16-18)26-14-5-6-15-26/h2-11,14-16H,12-13H2,1H3,(H,24,30)(H,25,28)/t23-/m0/s1. The lowest BCUT2D eigenvalue weighted by atomic mass is 9.93. The number of rotatable bonds is 6. The summed E-state index contributed by atoms with van der Waals surface area (Å²) in [5, 5.41) is 3.48. The molecule has 0 bridgehead atoms. The molecule has 1 aromatic heterocycles. The molecular formula is C23H22N4O3. The second-order valence-electron chi connectivity index (χ2n) is 7.47. The van der Waals surface area contributed by atoms with E-state index >= 15 is 0 Å². The molecule has 0 unspecified atom stereocenters. The molecule has 1 saturated heterocycles. The number of hydrazine groups is 1. The SMILES string of the molecule is C[C@@]1(CCc2ccccc2)NC(=O)N(NC(=O)c2cccc(-n3cccc3)c2)C1=O. The minimum Gasteiger partial charge on any atom is -0.324 e. The number of amides is 4. The summed E-state index contributed by atoms with van der Waals surface area (Å²) in [6, 6.07) is 19.8. The van der Waals surface area contributed by atoms with Gasteiger partial charge in [0.15, 0.2) is 0 Å². The molecule has 2 N–H and O–H groups in total. The third-order valence-electron chi connectivity index (χ3n) is 5.24. The topological polar surface area (TPSA) is 83.4 Å². The number of benzene rings is 2. The molecule has 2 heterocycles. The highest BCUT2D eigenvalue weighted by atomic mass is 16.2. The van der Waals surface area contributed by atoms with Crippen molar-refractivity contribution in [1.29, 1.82) is 0 Å². The van der Waals surface area contributed by atoms with E-state index in [1.807, 2.05) is 65.5 Å². The summed E-state index contributed by atoms with van der Waals surface area (Å²) in [4.78, 5) is 38.0. The fourth-order valence-electron chi connectivity index (χ4n) is 3.47. The Kier molecular flexibility index (Phi) is 5.10. The Morgan fingerprint density at radius 1 is 1.00 bits per heavy atom. The summed E-state index contributed by atoms with van der Waals surface area (Å²) in [5.74, 6) is -1.00. The molecule has 1 atom stereocenters. The van der Waals surface area contributed by atoms with Crippen molar-refractivity contribution in [2.24, 2.45) is 0 Å². The van der Waals surface area contributed by atoms with Gasteiger partial charge < -0.3 is 9.88 Å². The van der Waals surface area contributed by atoms with Crippen LogP contribution >= 0.6 is 0 Å². The van der Waals surface area contributed by atoms with Gasteiger partial charge in [0.25, 0.3) is 11.8 Å². The maximum absolute atomic E-state index is 12.9. The Labute approximate surface area is 174 Å². The van der Waals surface area contributed by atoms with Gasteiger partial charge in [-0.1, -0.05) is 36.4 Å². The van der Waals surface area contributed by atoms with Crippen molar-refractivity contribution in [3.63, 3.8) is 0 Å². The third-order valence-corrected chi connectivity index (χ3v) is 5.24. The molecular weight excluding hydrogens is 380 g/mol. The van der Waals surface area contributed by atoms with Crippen molar-refractivity contribution >= 4 is 17.8 Å². The maximum Gasteiger partial charge on any atom is 0.344 e. The van der Waals surface area contributed by atoms with Gasteiger partial charge in [0.2, 0.25) is 0 Å². The van der Waals surface area contributed by atoms with Crippen LogP contribution in [0.4, 0.5) is 4.79 Å². The van der Waals surface area contributed by atoms with Crippen LogP contribution in [0.15, 0.2) is 79.1 Å². The van der Waals surface area contributed by atoms with Crippen molar-refractivity contribution in [2.45, 2.75) is 25.3 Å². The van der Waals surface area contributed by atoms with Gasteiger partial charge in [-0.2, -0.15) is 5.01 Å². The van der Waals surface area contributed by atoms with E-state index < -0.39 is 23.4 Å². The molecule has 4 amide bonds. The van der Waals surface area contributed by atoms with Crippen LogP contribution in [0.5, 0.6) is 0 Å². The number of aromatic nitrogens is 1. The van der Waals surface area contributed by atoms with E-state index in [9.17, 15) is 14.4 Å². The first-order chi connectivity index (χ1) is 14.5. The Morgan fingerprint density at radius 3 is 2.47 bits per heavy atom. The Bertz CT molecular complexity index is 1080. The number of hydrogen-bond acceptors (Lipinski definition) is 3. The number of hydrogen-bond donors (Lipinski definition) is 2. The van der Waals surface area contributed by atoms with Crippen molar-refractivity contribution in [1.82, 2.24) is 20.3 Å². The molecule has 7 nitrogen and oxygen atoms in total. The molecule has 4 rings (SSSR count). The molecule has 0 radical (unpaired) electrons. The normalized spacial score (nSPS) is 18.4. The highest BCUT2D eigenvalue weighted by molar-refractivity contribution is 6.09. The lowest BCUT2D eigenvalue weighted by Gasteiger charge is -2.21. The number of carbonyl (C=O) groups excluding carboxylic acids is 3. The van der Waals surface area contributed by atoms with Gasteiger partial charge in [-0.25, -0.2) is 4.79 Å². The van der Waals surface area contributed by atoms with Crippen molar-refractivity contribution in [3.8, 4) is 5.69 Å². The van der Waals surface area contributed by atoms with Gasteiger partial charge in [0.1, 0.15) is 5.54 Å². The number of carbonyl (C=O) groups is 3. The van der Waals surface area contributed by atoms with E-state index in [2.05, 4.69) is 10.7 Å². The van der Waals surface area contributed by atoms with Crippen LogP contribution in [-0.2, 0) is 11.2 Å². The smallest absolute Gasteiger partial charge is 0.324 e. The van der Waals surface area contributed by atoms with Crippen LogP contribution in [-0.4, -0.2) is 33.0 Å². The summed E-state index contributed by atoms with van der Waals surface area (Å²) >= 11 is 0. The predicted molar refractivity (Wildman–Crippen MR) is 112 cm³/mol. The fourth-order valence-corrected chi connectivity index (χ4v) is 3.47. The van der Waals surface area contributed by atoms with E-state index in [-0.39, 0.29) is 0 Å². The first kappa shape index (κ1) is 19.4. The summed E-state index contributed by atoms with van der Waals surface area (Å²) < 4.78 is 1.87. The van der Waals surface area contributed by atoms with Gasteiger partial charge in [-0.15, -0.1) is 0 Å². The van der Waals surface area contributed by atoms with Gasteiger partial charge >= 0.3 is 6.03 Å². The number of aryl methyl sites for hydroxylation is 1. The number of nitrogens with zero attached hydrogens (tertiary/aromatic N) is 2. The first-order valence-corrected chi connectivity index (χ1v) is 9.71. The average molecular weight is 402 g/mol. The van der Waals surface area contributed by atoms with E-state index in [1.54, 1.807) is 25.1 Å². The van der Waals surface area contributed by atoms with Crippen LogP contribution in [0.2, 0.25) is 0 Å². The average Bonchev–Trinajstić information content (AvgIpc) is 3.37. The van der Waals surface area contributed by atoms with Crippen molar-refractivity contribution in [2.75, 3.05) is 0 Å². The zero-order valence-corrected chi connectivity index (χ0v) is 16.5. The minimum atomic E-state index is -1.08. The maximum atomic E-state index is 12.9. The zero-order chi connectivity index (χ0) is 21.1. The third kappa shape index (κ3) is 3.82. The summed E-state index contributed by atoms with van der Waals surface area (Å²) in [5.41, 5.74) is 3.59. The molecule has 0 spiro atoms. The van der Waals surface area contributed by atoms with Crippen LogP contribution in [0, 0.1) is 0 Å². The predicted octanol–water partition coefficient (Wildman–Crippen LogP) is 3.07. The van der Waals surface area contributed by atoms with Crippen LogP contribution in [0.1, 0.15) is 29.3 Å². The second-order valence-corrected chi connectivity index (χ2v) is 7.47. The van der Waals surface area contributed by atoms with E-state index in [1.165, 1.54) is 0 Å². The lowest BCUT2D eigenvalue weighted by molar-refractivity contribution is -0.132. The molecule has 0 saturated carbocycles. The molecule has 1 aliphatic heterocycles. The monoisotopic (exact) mass is 402 g/mol. The highest BCUT2D eigenvalue weighted by Crippen LogP contribution is 2.22. The summed E-state index contributed by atoms with van der Waals surface area (Å²) in [6.45, 7) is 1.68. The first-order valence-electron chi connectivity index (χ1n) is 9.71. The second kappa shape index (κ2) is 7.87.